The zero-order chi connectivity index (χ0) is 17.0. The van der Waals surface area contributed by atoms with Crippen LogP contribution in [0.5, 0.6) is 0 Å². The second kappa shape index (κ2) is 6.97. The number of carboxylic acid groups (broad SMARTS) is 1. The highest BCUT2D eigenvalue weighted by atomic mass is 32.2. The molecule has 1 saturated heterocycles. The number of amides is 1. The lowest BCUT2D eigenvalue weighted by Gasteiger charge is -2.20. The van der Waals surface area contributed by atoms with Gasteiger partial charge in [-0.2, -0.15) is 8.42 Å². The largest absolute Gasteiger partial charge is 0.480 e. The minimum absolute atomic E-state index is 0.000112. The first kappa shape index (κ1) is 17.2. The molecule has 1 amide bonds. The van der Waals surface area contributed by atoms with E-state index in [-0.39, 0.29) is 19.6 Å². The highest BCUT2D eigenvalue weighted by Gasteiger charge is 2.42. The van der Waals surface area contributed by atoms with Crippen LogP contribution in [-0.2, 0) is 30.4 Å². The van der Waals surface area contributed by atoms with E-state index in [1.54, 1.807) is 24.3 Å². The van der Waals surface area contributed by atoms with Crippen molar-refractivity contribution in [1.29, 1.82) is 0 Å². The summed E-state index contributed by atoms with van der Waals surface area (Å²) in [5, 5.41) is 9.18. The molecule has 1 heterocycles. The molecule has 0 unspecified atom stereocenters. The van der Waals surface area contributed by atoms with Gasteiger partial charge in [0.2, 0.25) is 0 Å². The van der Waals surface area contributed by atoms with Gasteiger partial charge in [-0.25, -0.2) is 9.59 Å². The second-order valence-electron chi connectivity index (χ2n) is 5.20. The van der Waals surface area contributed by atoms with Crippen LogP contribution in [-0.4, -0.2) is 55.4 Å². The number of nitrogens with zero attached hydrogens (tertiary/aromatic N) is 1. The number of aliphatic carboxylic acids is 1. The number of hydrogen-bond donors (Lipinski definition) is 1. The summed E-state index contributed by atoms with van der Waals surface area (Å²) >= 11 is 0. The number of benzene rings is 1. The number of hydrogen-bond acceptors (Lipinski definition) is 6. The molecule has 126 valence electrons. The van der Waals surface area contributed by atoms with Gasteiger partial charge in [0.15, 0.2) is 0 Å². The lowest BCUT2D eigenvalue weighted by Crippen LogP contribution is -2.40. The molecule has 0 aliphatic carbocycles. The summed E-state index contributed by atoms with van der Waals surface area (Å²) in [6, 6.07) is 7.75. The monoisotopic (exact) mass is 343 g/mol. The van der Waals surface area contributed by atoms with Gasteiger partial charge in [-0.05, 0) is 5.56 Å². The summed E-state index contributed by atoms with van der Waals surface area (Å²) in [5.41, 5.74) is 0.760. The SMILES string of the molecule is CS(=O)(=O)O[C@@H]1C[C@@H](C(=O)O)N(C(=O)OCc2ccccc2)C1. The quantitative estimate of drug-likeness (QED) is 0.788. The smallest absolute Gasteiger partial charge is 0.410 e. The molecule has 0 radical (unpaired) electrons. The highest BCUT2D eigenvalue weighted by molar-refractivity contribution is 7.86. The Morgan fingerprint density at radius 1 is 1.30 bits per heavy atom. The van der Waals surface area contributed by atoms with Gasteiger partial charge in [0.25, 0.3) is 10.1 Å². The molecule has 0 bridgehead atoms. The van der Waals surface area contributed by atoms with Crippen molar-refractivity contribution in [3.63, 3.8) is 0 Å². The number of ether oxygens (including phenoxy) is 1. The number of carboxylic acids is 1. The van der Waals surface area contributed by atoms with Crippen LogP contribution in [0, 0.1) is 0 Å². The van der Waals surface area contributed by atoms with Crippen LogP contribution in [0.2, 0.25) is 0 Å². The predicted molar refractivity (Wildman–Crippen MR) is 79.1 cm³/mol. The van der Waals surface area contributed by atoms with Crippen molar-refractivity contribution in [1.82, 2.24) is 4.90 Å². The third kappa shape index (κ3) is 4.93. The zero-order valence-corrected chi connectivity index (χ0v) is 13.2. The Balaban J connectivity index is 2.00. The number of likely N-dealkylation sites (tertiary alicyclic amines) is 1. The average Bonchev–Trinajstić information content (AvgIpc) is 2.88. The van der Waals surface area contributed by atoms with Crippen molar-refractivity contribution >= 4 is 22.2 Å². The van der Waals surface area contributed by atoms with Gasteiger partial charge in [-0.3, -0.25) is 9.08 Å². The number of carbonyl (C=O) groups excluding carboxylic acids is 1. The molecule has 23 heavy (non-hydrogen) atoms. The molecule has 8 nitrogen and oxygen atoms in total. The van der Waals surface area contributed by atoms with E-state index in [2.05, 4.69) is 0 Å². The predicted octanol–water partition coefficient (Wildman–Crippen LogP) is 0.827. The first-order chi connectivity index (χ1) is 10.8. The summed E-state index contributed by atoms with van der Waals surface area (Å²) in [6.45, 7) is -0.155. The molecule has 9 heteroatoms. The molecule has 1 aliphatic rings. The Hall–Kier alpha value is -2.13. The van der Waals surface area contributed by atoms with E-state index in [4.69, 9.17) is 8.92 Å². The topological polar surface area (TPSA) is 110 Å². The average molecular weight is 343 g/mol. The minimum Gasteiger partial charge on any atom is -0.480 e. The summed E-state index contributed by atoms with van der Waals surface area (Å²) in [5.74, 6) is -1.23. The Kier molecular flexibility index (Phi) is 5.22. The van der Waals surface area contributed by atoms with Gasteiger partial charge in [-0.15, -0.1) is 0 Å². The van der Waals surface area contributed by atoms with E-state index in [1.807, 2.05) is 6.07 Å². The number of carbonyl (C=O) groups is 2. The van der Waals surface area contributed by atoms with Crippen molar-refractivity contribution in [2.75, 3.05) is 12.8 Å². The molecule has 1 fully saturated rings. The molecule has 0 saturated carbocycles. The van der Waals surface area contributed by atoms with Crippen molar-refractivity contribution in [3.05, 3.63) is 35.9 Å². The van der Waals surface area contributed by atoms with E-state index in [9.17, 15) is 23.1 Å². The molecule has 0 aromatic heterocycles. The van der Waals surface area contributed by atoms with Gasteiger partial charge in [0.05, 0.1) is 18.9 Å². The second-order valence-corrected chi connectivity index (χ2v) is 6.81. The fourth-order valence-corrected chi connectivity index (χ4v) is 2.99. The fourth-order valence-electron chi connectivity index (χ4n) is 2.35. The van der Waals surface area contributed by atoms with Crippen molar-refractivity contribution < 1.29 is 32.0 Å². The van der Waals surface area contributed by atoms with E-state index >= 15 is 0 Å². The molecule has 1 N–H and O–H groups in total. The molecule has 0 spiro atoms. The summed E-state index contributed by atoms with van der Waals surface area (Å²) in [6.07, 6.45) is -0.946. The van der Waals surface area contributed by atoms with Crippen LogP contribution in [0.25, 0.3) is 0 Å². The van der Waals surface area contributed by atoms with E-state index in [0.717, 1.165) is 16.7 Å². The molecular formula is C14H17NO7S. The van der Waals surface area contributed by atoms with Crippen LogP contribution >= 0.6 is 0 Å². The Bertz CT molecular complexity index is 674. The molecule has 1 aromatic carbocycles. The van der Waals surface area contributed by atoms with E-state index in [1.165, 1.54) is 0 Å². The van der Waals surface area contributed by atoms with Crippen LogP contribution in [0.3, 0.4) is 0 Å². The van der Waals surface area contributed by atoms with Gasteiger partial charge in [0.1, 0.15) is 12.6 Å². The third-order valence-electron chi connectivity index (χ3n) is 3.30. The van der Waals surface area contributed by atoms with Crippen LogP contribution < -0.4 is 0 Å². The highest BCUT2D eigenvalue weighted by Crippen LogP contribution is 2.23. The van der Waals surface area contributed by atoms with Crippen molar-refractivity contribution in [2.45, 2.75) is 25.2 Å². The first-order valence-corrected chi connectivity index (χ1v) is 8.66. The summed E-state index contributed by atoms with van der Waals surface area (Å²) < 4.78 is 32.2. The Labute approximate surface area is 133 Å². The van der Waals surface area contributed by atoms with E-state index < -0.39 is 34.3 Å². The lowest BCUT2D eigenvalue weighted by molar-refractivity contribution is -0.141. The third-order valence-corrected chi connectivity index (χ3v) is 3.92. The Morgan fingerprint density at radius 2 is 1.96 bits per heavy atom. The van der Waals surface area contributed by atoms with Crippen molar-refractivity contribution in [2.24, 2.45) is 0 Å². The standard InChI is InChI=1S/C14H17NO7S/c1-23(19,20)22-11-7-12(13(16)17)15(8-11)14(18)21-9-10-5-3-2-4-6-10/h2-6,11-12H,7-9H2,1H3,(H,16,17)/t11-,12+/m1/s1. The Morgan fingerprint density at radius 3 is 2.52 bits per heavy atom. The van der Waals surface area contributed by atoms with Gasteiger partial charge >= 0.3 is 12.1 Å². The first-order valence-electron chi connectivity index (χ1n) is 6.84. The molecule has 1 aromatic rings. The number of rotatable bonds is 5. The maximum Gasteiger partial charge on any atom is 0.410 e. The molecular weight excluding hydrogens is 326 g/mol. The molecule has 1 aliphatic heterocycles. The van der Waals surface area contributed by atoms with Crippen molar-refractivity contribution in [3.8, 4) is 0 Å². The van der Waals surface area contributed by atoms with Crippen LogP contribution in [0.4, 0.5) is 4.79 Å². The molecule has 2 atom stereocenters. The maximum absolute atomic E-state index is 12.1. The van der Waals surface area contributed by atoms with Crippen LogP contribution in [0.15, 0.2) is 30.3 Å². The normalized spacial score (nSPS) is 21.2. The maximum atomic E-state index is 12.1. The van der Waals surface area contributed by atoms with Gasteiger partial charge in [0, 0.05) is 6.42 Å². The summed E-state index contributed by atoms with van der Waals surface area (Å²) in [7, 11) is -3.73. The van der Waals surface area contributed by atoms with Crippen LogP contribution in [0.1, 0.15) is 12.0 Å². The van der Waals surface area contributed by atoms with Gasteiger partial charge in [-0.1, -0.05) is 30.3 Å². The summed E-state index contributed by atoms with van der Waals surface area (Å²) in [4.78, 5) is 24.3. The van der Waals surface area contributed by atoms with Gasteiger partial charge < -0.3 is 9.84 Å². The lowest BCUT2D eigenvalue weighted by atomic mass is 10.2. The molecule has 2 rings (SSSR count). The zero-order valence-electron chi connectivity index (χ0n) is 12.4. The minimum atomic E-state index is -3.73. The fraction of sp³-hybridized carbons (Fsp3) is 0.429. The van der Waals surface area contributed by atoms with E-state index in [0.29, 0.717) is 0 Å².